The van der Waals surface area contributed by atoms with Gasteiger partial charge in [-0.1, -0.05) is 121 Å². The monoisotopic (exact) mass is 468 g/mol. The minimum atomic E-state index is -3.22. The molecule has 0 saturated carbocycles. The molecule has 4 aromatic carbocycles. The van der Waals surface area contributed by atoms with Crippen LogP contribution in [0.3, 0.4) is 0 Å². The maximum Gasteiger partial charge on any atom is 0.388 e. The highest BCUT2D eigenvalue weighted by Gasteiger charge is 2.53. The molecule has 0 N–H and O–H groups in total. The van der Waals surface area contributed by atoms with Crippen molar-refractivity contribution in [3.05, 3.63) is 121 Å². The summed E-state index contributed by atoms with van der Waals surface area (Å²) in [7, 11) is 0.394. The van der Waals surface area contributed by atoms with E-state index in [1.54, 1.807) is 0 Å². The van der Waals surface area contributed by atoms with Crippen LogP contribution in [-0.2, 0) is 12.3 Å². The van der Waals surface area contributed by atoms with Crippen LogP contribution >= 0.6 is 0 Å². The number of rotatable bonds is 8. The Morgan fingerprint density at radius 2 is 0.613 bits per heavy atom. The van der Waals surface area contributed by atoms with Gasteiger partial charge in [-0.2, -0.15) is 0 Å². The average Bonchev–Trinajstić information content (AvgIpc) is 2.87. The van der Waals surface area contributed by atoms with Gasteiger partial charge in [0.25, 0.3) is 0 Å². The SMILES string of the molecule is [Si]O[Si](O[Si](O[Si])(c1ccccc1)c1ccccc1)(c1ccccc1)c1ccccc1. The van der Waals surface area contributed by atoms with Crippen LogP contribution in [0.5, 0.6) is 0 Å². The molecule has 3 nitrogen and oxygen atoms in total. The lowest BCUT2D eigenvalue weighted by molar-refractivity contribution is 0.379. The largest absolute Gasteiger partial charge is 0.430 e. The van der Waals surface area contributed by atoms with E-state index in [2.05, 4.69) is 21.0 Å². The molecule has 31 heavy (non-hydrogen) atoms. The topological polar surface area (TPSA) is 27.7 Å². The molecule has 0 fully saturated rings. The lowest BCUT2D eigenvalue weighted by Gasteiger charge is -2.40. The van der Waals surface area contributed by atoms with Gasteiger partial charge in [-0.05, 0) is 20.7 Å². The molecule has 4 rings (SSSR count). The quantitative estimate of drug-likeness (QED) is 0.369. The average molecular weight is 469 g/mol. The molecule has 6 radical (unpaired) electrons. The fourth-order valence-electron chi connectivity index (χ4n) is 3.68. The lowest BCUT2D eigenvalue weighted by atomic mass is 10.4. The second-order valence-corrected chi connectivity index (χ2v) is 14.2. The molecule has 0 aliphatic carbocycles. The Morgan fingerprint density at radius 3 is 0.806 bits per heavy atom. The molecule has 0 aliphatic heterocycles. The summed E-state index contributed by atoms with van der Waals surface area (Å²) in [4.78, 5) is 0. The van der Waals surface area contributed by atoms with E-state index in [0.717, 1.165) is 20.7 Å². The summed E-state index contributed by atoms with van der Waals surface area (Å²) in [6.07, 6.45) is 0. The first-order chi connectivity index (χ1) is 15.2. The van der Waals surface area contributed by atoms with Gasteiger partial charge in [-0.15, -0.1) is 0 Å². The third-order valence-electron chi connectivity index (χ3n) is 5.19. The van der Waals surface area contributed by atoms with Gasteiger partial charge >= 0.3 is 17.1 Å². The number of hydrogen-bond acceptors (Lipinski definition) is 3. The summed E-state index contributed by atoms with van der Waals surface area (Å²) in [5.41, 5.74) is 0. The molecule has 4 aromatic rings. The maximum absolute atomic E-state index is 7.20. The van der Waals surface area contributed by atoms with Crippen LogP contribution in [0.2, 0.25) is 0 Å². The van der Waals surface area contributed by atoms with E-state index < -0.39 is 17.1 Å². The molecular weight excluding hydrogens is 449 g/mol. The maximum atomic E-state index is 7.20. The first-order valence-corrected chi connectivity index (χ1v) is 14.3. The van der Waals surface area contributed by atoms with Crippen molar-refractivity contribution in [1.82, 2.24) is 0 Å². The Labute approximate surface area is 192 Å². The van der Waals surface area contributed by atoms with Crippen molar-refractivity contribution < 1.29 is 12.3 Å². The van der Waals surface area contributed by atoms with E-state index in [0.29, 0.717) is 0 Å². The molecule has 0 amide bonds. The smallest absolute Gasteiger partial charge is 0.388 e. The highest BCUT2D eigenvalue weighted by atomic mass is 28.5. The summed E-state index contributed by atoms with van der Waals surface area (Å²) in [5, 5.41) is 3.90. The third kappa shape index (κ3) is 4.21. The zero-order chi connectivity index (χ0) is 21.6. The van der Waals surface area contributed by atoms with Gasteiger partial charge in [0, 0.05) is 0 Å². The Bertz CT molecular complexity index is 913. The van der Waals surface area contributed by atoms with Crippen molar-refractivity contribution in [2.24, 2.45) is 0 Å². The van der Waals surface area contributed by atoms with E-state index in [4.69, 9.17) is 12.3 Å². The van der Waals surface area contributed by atoms with Crippen molar-refractivity contribution in [3.8, 4) is 0 Å². The summed E-state index contributed by atoms with van der Waals surface area (Å²) >= 11 is 0. The molecule has 0 unspecified atom stereocenters. The van der Waals surface area contributed by atoms with Crippen LogP contribution in [-0.4, -0.2) is 38.1 Å². The highest BCUT2D eigenvalue weighted by molar-refractivity contribution is 7.05. The third-order valence-corrected chi connectivity index (χ3v) is 14.2. The Kier molecular flexibility index (Phi) is 6.93. The van der Waals surface area contributed by atoms with Crippen molar-refractivity contribution in [2.75, 3.05) is 0 Å². The van der Waals surface area contributed by atoms with Crippen molar-refractivity contribution >= 4 is 58.8 Å². The molecule has 150 valence electrons. The molecule has 0 spiro atoms. The fourth-order valence-corrected chi connectivity index (χ4v) is 13.3. The minimum absolute atomic E-state index is 0.976. The number of hydrogen-bond donors (Lipinski definition) is 0. The fraction of sp³-hybridized carbons (Fsp3) is 0. The summed E-state index contributed by atoms with van der Waals surface area (Å²) in [5.74, 6) is 0. The van der Waals surface area contributed by atoms with Gasteiger partial charge in [-0.25, -0.2) is 0 Å². The molecule has 0 aliphatic rings. The highest BCUT2D eigenvalue weighted by Crippen LogP contribution is 2.18. The van der Waals surface area contributed by atoms with Crippen molar-refractivity contribution in [3.63, 3.8) is 0 Å². The van der Waals surface area contributed by atoms with Crippen LogP contribution in [0.25, 0.3) is 0 Å². The van der Waals surface area contributed by atoms with Gasteiger partial charge in [0.15, 0.2) is 0 Å². The molecule has 0 heterocycles. The molecule has 0 atom stereocenters. The molecule has 7 heteroatoms. The standard InChI is InChI=1S/C24H20O3Si4/c28-25-30(21-13-5-1-6-14-21,22-15-7-2-8-16-22)27-31(26-29,23-17-9-3-10-18-23)24-19-11-4-12-20-24/h1-20H. The number of benzene rings is 4. The zero-order valence-corrected chi connectivity index (χ0v) is 20.8. The Morgan fingerprint density at radius 1 is 0.387 bits per heavy atom. The van der Waals surface area contributed by atoms with Crippen LogP contribution in [0, 0.1) is 0 Å². The predicted octanol–water partition coefficient (Wildman–Crippen LogP) is 1.72. The van der Waals surface area contributed by atoms with Crippen LogP contribution < -0.4 is 20.7 Å². The van der Waals surface area contributed by atoms with Gasteiger partial charge in [0.1, 0.15) is 0 Å². The van der Waals surface area contributed by atoms with Gasteiger partial charge in [-0.3, -0.25) is 0 Å². The second-order valence-electron chi connectivity index (χ2n) is 7.00. The molecule has 0 bridgehead atoms. The van der Waals surface area contributed by atoms with E-state index in [1.165, 1.54) is 0 Å². The molecule has 0 aromatic heterocycles. The molecular formula is C24H20O3Si4. The van der Waals surface area contributed by atoms with Crippen molar-refractivity contribution in [2.45, 2.75) is 0 Å². The predicted molar refractivity (Wildman–Crippen MR) is 131 cm³/mol. The Balaban J connectivity index is 1.98. The van der Waals surface area contributed by atoms with Gasteiger partial charge in [0.2, 0.25) is 21.0 Å². The van der Waals surface area contributed by atoms with E-state index >= 15 is 0 Å². The van der Waals surface area contributed by atoms with Crippen LogP contribution in [0.15, 0.2) is 121 Å². The van der Waals surface area contributed by atoms with Crippen LogP contribution in [0.4, 0.5) is 0 Å². The van der Waals surface area contributed by atoms with Gasteiger partial charge in [0.05, 0.1) is 0 Å². The normalized spacial score (nSPS) is 11.9. The first kappa shape index (κ1) is 21.8. The Hall–Kier alpha value is -2.37. The van der Waals surface area contributed by atoms with E-state index in [-0.39, 0.29) is 0 Å². The first-order valence-electron chi connectivity index (χ1n) is 9.87. The summed E-state index contributed by atoms with van der Waals surface area (Å²) in [6.45, 7) is 0. The summed E-state index contributed by atoms with van der Waals surface area (Å²) < 4.78 is 19.5. The van der Waals surface area contributed by atoms with Crippen molar-refractivity contribution in [1.29, 1.82) is 0 Å². The van der Waals surface area contributed by atoms with E-state index in [1.807, 2.05) is 121 Å². The molecule has 0 saturated heterocycles. The van der Waals surface area contributed by atoms with E-state index in [9.17, 15) is 0 Å². The zero-order valence-electron chi connectivity index (χ0n) is 16.8. The summed E-state index contributed by atoms with van der Waals surface area (Å²) in [6, 6.07) is 40.3. The van der Waals surface area contributed by atoms with Gasteiger partial charge < -0.3 is 12.3 Å². The van der Waals surface area contributed by atoms with Crippen LogP contribution in [0.1, 0.15) is 0 Å². The lowest BCUT2D eigenvalue weighted by Crippen LogP contribution is -2.75. The minimum Gasteiger partial charge on any atom is -0.430 e. The second kappa shape index (κ2) is 9.84.